The zero-order valence-electron chi connectivity index (χ0n) is 13.8. The molecule has 0 bridgehead atoms. The highest BCUT2D eigenvalue weighted by Gasteiger charge is 2.17. The zero-order valence-corrected chi connectivity index (χ0v) is 13.8. The van der Waals surface area contributed by atoms with Crippen molar-refractivity contribution in [3.05, 3.63) is 76.9 Å². The molecule has 1 aliphatic rings. The van der Waals surface area contributed by atoms with Gasteiger partial charge in [-0.25, -0.2) is 0 Å². The number of fused-ring (bicyclic) bond motifs is 2. The lowest BCUT2D eigenvalue weighted by Gasteiger charge is -2.19. The maximum absolute atomic E-state index is 2.44. The van der Waals surface area contributed by atoms with Gasteiger partial charge in [0, 0.05) is 6.04 Å². The number of rotatable bonds is 3. The third-order valence-electron chi connectivity index (χ3n) is 4.82. The monoisotopic (exact) mass is 291 g/mol. The molecule has 1 aliphatic carbocycles. The highest BCUT2D eigenvalue weighted by molar-refractivity contribution is 5.83. The average Bonchev–Trinajstić information content (AvgIpc) is 2.69. The van der Waals surface area contributed by atoms with Crippen LogP contribution in [0.4, 0.5) is 0 Å². The first-order valence-electron chi connectivity index (χ1n) is 8.20. The summed E-state index contributed by atoms with van der Waals surface area (Å²) < 4.78 is 0. The van der Waals surface area contributed by atoms with Crippen molar-refractivity contribution in [2.75, 3.05) is 14.1 Å². The van der Waals surface area contributed by atoms with E-state index in [2.05, 4.69) is 80.5 Å². The summed E-state index contributed by atoms with van der Waals surface area (Å²) in [7, 11) is 4.30. The first-order chi connectivity index (χ1) is 10.7. The molecule has 3 rings (SSSR count). The van der Waals surface area contributed by atoms with E-state index in [-0.39, 0.29) is 0 Å². The van der Waals surface area contributed by atoms with Gasteiger partial charge in [-0.05, 0) is 68.1 Å². The molecule has 0 amide bonds. The van der Waals surface area contributed by atoms with Crippen molar-refractivity contribution in [3.63, 3.8) is 0 Å². The fourth-order valence-corrected chi connectivity index (χ4v) is 3.14. The van der Waals surface area contributed by atoms with E-state index < -0.39 is 0 Å². The Morgan fingerprint density at radius 1 is 0.909 bits per heavy atom. The van der Waals surface area contributed by atoms with E-state index >= 15 is 0 Å². The van der Waals surface area contributed by atoms with Crippen LogP contribution in [0, 0.1) is 0 Å². The summed E-state index contributed by atoms with van der Waals surface area (Å²) in [5.74, 6) is 0. The molecule has 0 radical (unpaired) electrons. The normalized spacial score (nSPS) is 15.0. The van der Waals surface area contributed by atoms with Crippen LogP contribution >= 0.6 is 0 Å². The van der Waals surface area contributed by atoms with Gasteiger partial charge in [-0.15, -0.1) is 0 Å². The zero-order chi connectivity index (χ0) is 15.5. The van der Waals surface area contributed by atoms with Crippen molar-refractivity contribution in [3.8, 4) is 0 Å². The summed E-state index contributed by atoms with van der Waals surface area (Å²) in [4.78, 5) is 2.28. The standard InChI is InChI=1S/C21H25N/c1-16(22(2)3)12-15-21-19-10-6-4-8-17(19)13-14-18-9-5-7-11-20(18)21/h4-11,15-16H,12-14H2,1-3H3. The molecular weight excluding hydrogens is 266 g/mol. The molecule has 22 heavy (non-hydrogen) atoms. The van der Waals surface area contributed by atoms with Crippen molar-refractivity contribution in [1.29, 1.82) is 0 Å². The molecule has 0 aromatic heterocycles. The highest BCUT2D eigenvalue weighted by Crippen LogP contribution is 2.33. The lowest BCUT2D eigenvalue weighted by atomic mass is 9.92. The second kappa shape index (κ2) is 6.50. The Hall–Kier alpha value is -1.86. The number of hydrogen-bond acceptors (Lipinski definition) is 1. The minimum atomic E-state index is 0.551. The molecule has 2 aromatic carbocycles. The highest BCUT2D eigenvalue weighted by atomic mass is 15.1. The SMILES string of the molecule is CC(CC=C1c2ccccc2CCc2ccccc21)N(C)C. The molecule has 0 N–H and O–H groups in total. The van der Waals surface area contributed by atoms with Crippen LogP contribution in [0.3, 0.4) is 0 Å². The molecule has 0 saturated heterocycles. The molecule has 0 saturated carbocycles. The van der Waals surface area contributed by atoms with Gasteiger partial charge in [-0.1, -0.05) is 54.6 Å². The van der Waals surface area contributed by atoms with E-state index in [4.69, 9.17) is 0 Å². The summed E-state index contributed by atoms with van der Waals surface area (Å²) in [5.41, 5.74) is 7.19. The predicted molar refractivity (Wildman–Crippen MR) is 95.1 cm³/mol. The van der Waals surface area contributed by atoms with Crippen LogP contribution in [0.15, 0.2) is 54.6 Å². The van der Waals surface area contributed by atoms with Crippen molar-refractivity contribution in [2.45, 2.75) is 32.2 Å². The number of hydrogen-bond donors (Lipinski definition) is 0. The Balaban J connectivity index is 2.08. The van der Waals surface area contributed by atoms with Crippen LogP contribution in [0.25, 0.3) is 5.57 Å². The first kappa shape index (κ1) is 15.1. The van der Waals surface area contributed by atoms with Gasteiger partial charge in [-0.3, -0.25) is 0 Å². The predicted octanol–water partition coefficient (Wildman–Crippen LogP) is 4.56. The summed E-state index contributed by atoms with van der Waals surface area (Å²) in [6.07, 6.45) is 5.78. The molecule has 1 heteroatoms. The van der Waals surface area contributed by atoms with E-state index in [1.54, 1.807) is 0 Å². The van der Waals surface area contributed by atoms with Crippen molar-refractivity contribution in [1.82, 2.24) is 4.90 Å². The van der Waals surface area contributed by atoms with Crippen LogP contribution in [0.2, 0.25) is 0 Å². The topological polar surface area (TPSA) is 3.24 Å². The third-order valence-corrected chi connectivity index (χ3v) is 4.82. The van der Waals surface area contributed by atoms with Gasteiger partial charge < -0.3 is 4.90 Å². The van der Waals surface area contributed by atoms with Crippen LogP contribution in [-0.4, -0.2) is 25.0 Å². The maximum Gasteiger partial charge on any atom is 0.00956 e. The van der Waals surface area contributed by atoms with E-state index in [1.807, 2.05) is 0 Å². The Morgan fingerprint density at radius 3 is 1.91 bits per heavy atom. The number of aryl methyl sites for hydroxylation is 2. The Labute approximate surface area is 134 Å². The minimum absolute atomic E-state index is 0.551. The second-order valence-corrected chi connectivity index (χ2v) is 6.48. The maximum atomic E-state index is 2.44. The summed E-state index contributed by atoms with van der Waals surface area (Å²) >= 11 is 0. The fraction of sp³-hybridized carbons (Fsp3) is 0.333. The third kappa shape index (κ3) is 3.00. The summed E-state index contributed by atoms with van der Waals surface area (Å²) in [6, 6.07) is 18.3. The fourth-order valence-electron chi connectivity index (χ4n) is 3.14. The molecule has 0 aliphatic heterocycles. The van der Waals surface area contributed by atoms with E-state index in [9.17, 15) is 0 Å². The van der Waals surface area contributed by atoms with Gasteiger partial charge in [0.15, 0.2) is 0 Å². The summed E-state index contributed by atoms with van der Waals surface area (Å²) in [5, 5.41) is 0. The van der Waals surface area contributed by atoms with Crippen LogP contribution in [0.5, 0.6) is 0 Å². The van der Waals surface area contributed by atoms with E-state index in [1.165, 1.54) is 27.8 Å². The van der Waals surface area contributed by atoms with E-state index in [0.717, 1.165) is 19.3 Å². The number of nitrogens with zero attached hydrogens (tertiary/aromatic N) is 1. The van der Waals surface area contributed by atoms with Gasteiger partial charge >= 0.3 is 0 Å². The second-order valence-electron chi connectivity index (χ2n) is 6.48. The van der Waals surface area contributed by atoms with Crippen molar-refractivity contribution >= 4 is 5.57 Å². The first-order valence-corrected chi connectivity index (χ1v) is 8.20. The molecule has 0 heterocycles. The van der Waals surface area contributed by atoms with Gasteiger partial charge in [0.1, 0.15) is 0 Å². The van der Waals surface area contributed by atoms with Gasteiger partial charge in [0.05, 0.1) is 0 Å². The van der Waals surface area contributed by atoms with Crippen molar-refractivity contribution in [2.24, 2.45) is 0 Å². The largest absolute Gasteiger partial charge is 0.306 e. The van der Waals surface area contributed by atoms with Crippen molar-refractivity contribution < 1.29 is 0 Å². The van der Waals surface area contributed by atoms with Gasteiger partial charge in [0.2, 0.25) is 0 Å². The lowest BCUT2D eigenvalue weighted by Crippen LogP contribution is -2.23. The van der Waals surface area contributed by atoms with Crippen LogP contribution in [0.1, 0.15) is 35.6 Å². The average molecular weight is 291 g/mol. The quantitative estimate of drug-likeness (QED) is 0.801. The molecule has 0 spiro atoms. The molecule has 1 atom stereocenters. The molecule has 1 unspecified atom stereocenters. The van der Waals surface area contributed by atoms with Gasteiger partial charge in [0.25, 0.3) is 0 Å². The van der Waals surface area contributed by atoms with Crippen LogP contribution in [-0.2, 0) is 12.8 Å². The lowest BCUT2D eigenvalue weighted by molar-refractivity contribution is 0.316. The van der Waals surface area contributed by atoms with E-state index in [0.29, 0.717) is 6.04 Å². The Bertz CT molecular complexity index is 632. The smallest absolute Gasteiger partial charge is 0.00956 e. The summed E-state index contributed by atoms with van der Waals surface area (Å²) in [6.45, 7) is 2.28. The molecule has 0 fully saturated rings. The minimum Gasteiger partial charge on any atom is -0.306 e. The molecular formula is C21H25N. The Kier molecular flexibility index (Phi) is 4.44. The van der Waals surface area contributed by atoms with Gasteiger partial charge in [-0.2, -0.15) is 0 Å². The Morgan fingerprint density at radius 2 is 1.41 bits per heavy atom. The molecule has 1 nitrogen and oxygen atoms in total. The molecule has 114 valence electrons. The van der Waals surface area contributed by atoms with Crippen LogP contribution < -0.4 is 0 Å². The molecule has 2 aromatic rings. The number of benzene rings is 2.